The number of nitrogens with one attached hydrogen (secondary N) is 2. The van der Waals surface area contributed by atoms with Gasteiger partial charge in [-0.25, -0.2) is 5.10 Å². The van der Waals surface area contributed by atoms with Gasteiger partial charge in [-0.3, -0.25) is 15.1 Å². The van der Waals surface area contributed by atoms with Crippen molar-refractivity contribution in [3.8, 4) is 6.01 Å². The molecular formula is C8H9N5O2S. The molecule has 2 aromatic rings. The summed E-state index contributed by atoms with van der Waals surface area (Å²) >= 11 is 1.25. The van der Waals surface area contributed by atoms with E-state index >= 15 is 0 Å². The van der Waals surface area contributed by atoms with Crippen molar-refractivity contribution in [2.45, 2.75) is 6.92 Å². The molecule has 0 aliphatic heterocycles. The van der Waals surface area contributed by atoms with Crippen LogP contribution < -0.4 is 10.1 Å². The van der Waals surface area contributed by atoms with Crippen LogP contribution in [0.1, 0.15) is 16.6 Å². The van der Waals surface area contributed by atoms with Gasteiger partial charge in [0.25, 0.3) is 5.91 Å². The molecule has 1 amide bonds. The molecule has 0 aromatic carbocycles. The van der Waals surface area contributed by atoms with Crippen LogP contribution in [-0.2, 0) is 0 Å². The maximum absolute atomic E-state index is 11.6. The third kappa shape index (κ3) is 2.34. The van der Waals surface area contributed by atoms with Gasteiger partial charge in [0.15, 0.2) is 0 Å². The number of hydrogen-bond donors (Lipinski definition) is 2. The molecule has 0 fully saturated rings. The number of anilines is 1. The molecule has 84 valence electrons. The van der Waals surface area contributed by atoms with Crippen molar-refractivity contribution in [3.05, 3.63) is 16.6 Å². The van der Waals surface area contributed by atoms with Crippen molar-refractivity contribution < 1.29 is 9.53 Å². The Morgan fingerprint density at radius 1 is 1.69 bits per heavy atom. The fourth-order valence-electron chi connectivity index (χ4n) is 0.993. The lowest BCUT2D eigenvalue weighted by atomic mass is 10.5. The van der Waals surface area contributed by atoms with E-state index in [9.17, 15) is 4.79 Å². The normalized spacial score (nSPS) is 10.1. The minimum atomic E-state index is -0.276. The van der Waals surface area contributed by atoms with Crippen molar-refractivity contribution >= 4 is 23.2 Å². The lowest BCUT2D eigenvalue weighted by Crippen LogP contribution is -2.11. The second kappa shape index (κ2) is 4.71. The number of carbonyl (C=O) groups excluding carboxylic acids is 1. The van der Waals surface area contributed by atoms with Gasteiger partial charge in [0.05, 0.1) is 18.3 Å². The number of thiazole rings is 1. The van der Waals surface area contributed by atoms with Gasteiger partial charge < -0.3 is 4.74 Å². The number of aromatic amines is 1. The summed E-state index contributed by atoms with van der Waals surface area (Å²) in [4.78, 5) is 19.8. The Kier molecular flexibility index (Phi) is 3.10. The van der Waals surface area contributed by atoms with E-state index in [2.05, 4.69) is 25.5 Å². The molecule has 0 aliphatic carbocycles. The Labute approximate surface area is 94.9 Å². The Balaban J connectivity index is 2.01. The summed E-state index contributed by atoms with van der Waals surface area (Å²) < 4.78 is 5.04. The first kappa shape index (κ1) is 10.6. The first-order valence-corrected chi connectivity index (χ1v) is 5.42. The number of nitrogens with zero attached hydrogens (tertiary/aromatic N) is 3. The van der Waals surface area contributed by atoms with Crippen LogP contribution >= 0.6 is 11.3 Å². The largest absolute Gasteiger partial charge is 0.463 e. The molecule has 0 radical (unpaired) electrons. The van der Waals surface area contributed by atoms with E-state index in [0.717, 1.165) is 0 Å². The van der Waals surface area contributed by atoms with Crippen molar-refractivity contribution in [1.82, 2.24) is 20.2 Å². The molecule has 0 saturated heterocycles. The molecule has 2 rings (SSSR count). The molecule has 7 nitrogen and oxygen atoms in total. The standard InChI is InChI=1S/C8H9N5O2S/c1-2-15-8-11-7(12-13-8)10-6(14)5-3-9-4-16-5/h3-4H,2H2,1H3,(H2,10,11,12,13,14). The third-order valence-corrected chi connectivity index (χ3v) is 2.40. The van der Waals surface area contributed by atoms with Crippen LogP contribution in [0, 0.1) is 0 Å². The third-order valence-electron chi connectivity index (χ3n) is 1.63. The summed E-state index contributed by atoms with van der Waals surface area (Å²) in [6.45, 7) is 2.30. The fraction of sp³-hybridized carbons (Fsp3) is 0.250. The van der Waals surface area contributed by atoms with Gasteiger partial charge in [0, 0.05) is 0 Å². The second-order valence-electron chi connectivity index (χ2n) is 2.72. The monoisotopic (exact) mass is 239 g/mol. The lowest BCUT2D eigenvalue weighted by molar-refractivity contribution is 0.102. The van der Waals surface area contributed by atoms with Crippen LogP contribution in [0.3, 0.4) is 0 Å². The number of aromatic nitrogens is 4. The molecule has 0 atom stereocenters. The quantitative estimate of drug-likeness (QED) is 0.827. The van der Waals surface area contributed by atoms with Gasteiger partial charge in [-0.15, -0.1) is 16.4 Å². The van der Waals surface area contributed by atoms with Gasteiger partial charge in [-0.2, -0.15) is 4.98 Å². The van der Waals surface area contributed by atoms with Crippen molar-refractivity contribution in [2.24, 2.45) is 0 Å². The second-order valence-corrected chi connectivity index (χ2v) is 3.61. The molecule has 0 bridgehead atoms. The lowest BCUT2D eigenvalue weighted by Gasteiger charge is -1.96. The minimum Gasteiger partial charge on any atom is -0.463 e. The van der Waals surface area contributed by atoms with Gasteiger partial charge in [-0.1, -0.05) is 0 Å². The first-order chi connectivity index (χ1) is 7.79. The summed E-state index contributed by atoms with van der Waals surface area (Å²) in [5, 5.41) is 8.85. The average molecular weight is 239 g/mol. The zero-order chi connectivity index (χ0) is 11.4. The molecular weight excluding hydrogens is 230 g/mol. The molecule has 0 unspecified atom stereocenters. The van der Waals surface area contributed by atoms with Gasteiger partial charge in [0.2, 0.25) is 5.95 Å². The van der Waals surface area contributed by atoms with Crippen molar-refractivity contribution in [2.75, 3.05) is 11.9 Å². The molecule has 0 saturated carbocycles. The van der Waals surface area contributed by atoms with Gasteiger partial charge in [0.1, 0.15) is 4.88 Å². The van der Waals surface area contributed by atoms with Crippen LogP contribution in [-0.4, -0.2) is 32.7 Å². The molecule has 8 heteroatoms. The van der Waals surface area contributed by atoms with E-state index in [1.807, 2.05) is 6.92 Å². The molecule has 16 heavy (non-hydrogen) atoms. The van der Waals surface area contributed by atoms with Crippen LogP contribution in [0.15, 0.2) is 11.7 Å². The van der Waals surface area contributed by atoms with E-state index in [4.69, 9.17) is 4.74 Å². The zero-order valence-corrected chi connectivity index (χ0v) is 9.24. The van der Waals surface area contributed by atoms with Crippen LogP contribution in [0.4, 0.5) is 5.95 Å². The molecule has 0 spiro atoms. The summed E-state index contributed by atoms with van der Waals surface area (Å²) in [7, 11) is 0. The average Bonchev–Trinajstić information content (AvgIpc) is 2.89. The highest BCUT2D eigenvalue weighted by molar-refractivity contribution is 7.11. The Hall–Kier alpha value is -1.96. The van der Waals surface area contributed by atoms with Crippen LogP contribution in [0.2, 0.25) is 0 Å². The Morgan fingerprint density at radius 3 is 3.25 bits per heavy atom. The SMILES string of the molecule is CCOc1n[nH]c(NC(=O)c2cncs2)n1. The maximum Gasteiger partial charge on any atom is 0.337 e. The maximum atomic E-state index is 11.6. The van der Waals surface area contributed by atoms with Crippen molar-refractivity contribution in [3.63, 3.8) is 0 Å². The summed E-state index contributed by atoms with van der Waals surface area (Å²) in [5.74, 6) is -0.0245. The predicted molar refractivity (Wildman–Crippen MR) is 57.6 cm³/mol. The predicted octanol–water partition coefficient (Wildman–Crippen LogP) is 0.912. The molecule has 0 aliphatic rings. The highest BCUT2D eigenvalue weighted by Gasteiger charge is 2.10. The number of ether oxygens (including phenoxy) is 1. The van der Waals surface area contributed by atoms with Crippen LogP contribution in [0.25, 0.3) is 0 Å². The molecule has 2 N–H and O–H groups in total. The summed E-state index contributed by atoms with van der Waals surface area (Å²) in [6, 6.07) is 0.210. The summed E-state index contributed by atoms with van der Waals surface area (Å²) in [6.07, 6.45) is 1.49. The minimum absolute atomic E-state index is 0.210. The number of amides is 1. The molecule has 2 aromatic heterocycles. The highest BCUT2D eigenvalue weighted by atomic mass is 32.1. The van der Waals surface area contributed by atoms with E-state index in [1.54, 1.807) is 5.51 Å². The van der Waals surface area contributed by atoms with Crippen molar-refractivity contribution in [1.29, 1.82) is 0 Å². The zero-order valence-electron chi connectivity index (χ0n) is 8.43. The van der Waals surface area contributed by atoms with E-state index in [1.165, 1.54) is 17.5 Å². The number of rotatable bonds is 4. The highest BCUT2D eigenvalue weighted by Crippen LogP contribution is 2.10. The van der Waals surface area contributed by atoms with Crippen LogP contribution in [0.5, 0.6) is 6.01 Å². The fourth-order valence-corrected chi connectivity index (χ4v) is 1.51. The van der Waals surface area contributed by atoms with E-state index in [0.29, 0.717) is 11.5 Å². The first-order valence-electron chi connectivity index (χ1n) is 4.54. The smallest absolute Gasteiger partial charge is 0.337 e. The van der Waals surface area contributed by atoms with Gasteiger partial charge in [-0.05, 0) is 6.92 Å². The number of carbonyl (C=O) groups is 1. The van der Waals surface area contributed by atoms with E-state index < -0.39 is 0 Å². The molecule has 2 heterocycles. The topological polar surface area (TPSA) is 92.8 Å². The number of H-pyrrole nitrogens is 1. The van der Waals surface area contributed by atoms with Gasteiger partial charge >= 0.3 is 6.01 Å². The Morgan fingerprint density at radius 2 is 2.56 bits per heavy atom. The Bertz CT molecular complexity index is 466. The number of hydrogen-bond acceptors (Lipinski definition) is 6. The summed E-state index contributed by atoms with van der Waals surface area (Å²) in [5.41, 5.74) is 1.58. The van der Waals surface area contributed by atoms with E-state index in [-0.39, 0.29) is 17.9 Å².